The van der Waals surface area contributed by atoms with Crippen molar-refractivity contribution in [2.75, 3.05) is 13.7 Å². The minimum Gasteiger partial charge on any atom is -0.387 e. The molecule has 0 unspecified atom stereocenters. The fraction of sp³-hybridized carbons (Fsp3) is 0.400. The molecule has 72 valence electrons. The zero-order chi connectivity index (χ0) is 9.68. The summed E-state index contributed by atoms with van der Waals surface area (Å²) >= 11 is 0. The predicted octanol–water partition coefficient (Wildman–Crippen LogP) is 0.825. The number of hydrogen-bond donors (Lipinski definition) is 2. The molecule has 0 spiro atoms. The Balaban J connectivity index is 2.78. The van der Waals surface area contributed by atoms with Gasteiger partial charge < -0.3 is 15.6 Å². The first-order valence-electron chi connectivity index (χ1n) is 4.24. The number of hydrogen-bond acceptors (Lipinski definition) is 3. The molecule has 1 aromatic rings. The van der Waals surface area contributed by atoms with E-state index in [9.17, 15) is 5.11 Å². The van der Waals surface area contributed by atoms with E-state index in [2.05, 4.69) is 0 Å². The average Bonchev–Trinajstić information content (AvgIpc) is 2.18. The molecule has 0 saturated heterocycles. The molecule has 0 aliphatic carbocycles. The third-order valence-electron chi connectivity index (χ3n) is 1.87. The van der Waals surface area contributed by atoms with Crippen molar-refractivity contribution in [2.24, 2.45) is 5.73 Å². The van der Waals surface area contributed by atoms with Crippen LogP contribution in [-0.2, 0) is 11.3 Å². The molecule has 0 saturated carbocycles. The summed E-state index contributed by atoms with van der Waals surface area (Å²) in [4.78, 5) is 0. The van der Waals surface area contributed by atoms with Crippen molar-refractivity contribution in [3.05, 3.63) is 35.4 Å². The van der Waals surface area contributed by atoms with Crippen molar-refractivity contribution in [3.63, 3.8) is 0 Å². The van der Waals surface area contributed by atoms with Gasteiger partial charge in [-0.15, -0.1) is 0 Å². The minimum atomic E-state index is -0.572. The summed E-state index contributed by atoms with van der Waals surface area (Å²) in [5.41, 5.74) is 7.24. The minimum absolute atomic E-state index is 0.246. The van der Waals surface area contributed by atoms with Gasteiger partial charge in [-0.3, -0.25) is 0 Å². The maximum atomic E-state index is 9.46. The van der Waals surface area contributed by atoms with Crippen molar-refractivity contribution in [3.8, 4) is 0 Å². The Bertz CT molecular complexity index is 263. The first kappa shape index (κ1) is 10.2. The second-order valence-electron chi connectivity index (χ2n) is 2.93. The SMILES string of the molecule is COCc1cccc([C@H](O)CN)c1. The molecular weight excluding hydrogens is 166 g/mol. The van der Waals surface area contributed by atoms with Crippen LogP contribution in [-0.4, -0.2) is 18.8 Å². The van der Waals surface area contributed by atoms with E-state index in [-0.39, 0.29) is 6.54 Å². The highest BCUT2D eigenvalue weighted by atomic mass is 16.5. The van der Waals surface area contributed by atoms with Gasteiger partial charge in [-0.1, -0.05) is 24.3 Å². The monoisotopic (exact) mass is 181 g/mol. The maximum Gasteiger partial charge on any atom is 0.0912 e. The van der Waals surface area contributed by atoms with Crippen LogP contribution in [0.15, 0.2) is 24.3 Å². The van der Waals surface area contributed by atoms with E-state index in [1.54, 1.807) is 7.11 Å². The van der Waals surface area contributed by atoms with Crippen LogP contribution in [0.2, 0.25) is 0 Å². The number of methoxy groups -OCH3 is 1. The van der Waals surface area contributed by atoms with E-state index in [0.29, 0.717) is 6.61 Å². The van der Waals surface area contributed by atoms with Crippen LogP contribution in [0.25, 0.3) is 0 Å². The lowest BCUT2D eigenvalue weighted by Gasteiger charge is -2.09. The largest absolute Gasteiger partial charge is 0.387 e. The van der Waals surface area contributed by atoms with Gasteiger partial charge >= 0.3 is 0 Å². The average molecular weight is 181 g/mol. The molecule has 0 aromatic heterocycles. The number of aliphatic hydroxyl groups is 1. The topological polar surface area (TPSA) is 55.5 Å². The first-order chi connectivity index (χ1) is 6.27. The second-order valence-corrected chi connectivity index (χ2v) is 2.93. The van der Waals surface area contributed by atoms with Gasteiger partial charge in [0.25, 0.3) is 0 Å². The molecule has 13 heavy (non-hydrogen) atoms. The maximum absolute atomic E-state index is 9.46. The Morgan fingerprint density at radius 2 is 2.31 bits per heavy atom. The van der Waals surface area contributed by atoms with Gasteiger partial charge in [0.1, 0.15) is 0 Å². The molecule has 1 atom stereocenters. The molecule has 0 aliphatic heterocycles. The Kier molecular flexibility index (Phi) is 3.89. The van der Waals surface area contributed by atoms with Crippen molar-refractivity contribution < 1.29 is 9.84 Å². The van der Waals surface area contributed by atoms with Gasteiger partial charge in [-0.25, -0.2) is 0 Å². The zero-order valence-electron chi connectivity index (χ0n) is 7.73. The zero-order valence-corrected chi connectivity index (χ0v) is 7.73. The van der Waals surface area contributed by atoms with Gasteiger partial charge in [0, 0.05) is 13.7 Å². The molecule has 3 N–H and O–H groups in total. The molecule has 1 rings (SSSR count). The molecule has 1 aromatic carbocycles. The number of nitrogens with two attached hydrogens (primary N) is 1. The summed E-state index contributed by atoms with van der Waals surface area (Å²) in [6.07, 6.45) is -0.572. The van der Waals surface area contributed by atoms with Crippen molar-refractivity contribution in [1.29, 1.82) is 0 Å². The molecule has 0 radical (unpaired) electrons. The first-order valence-corrected chi connectivity index (χ1v) is 4.24. The van der Waals surface area contributed by atoms with Gasteiger partial charge in [-0.05, 0) is 11.1 Å². The Morgan fingerprint density at radius 3 is 2.92 bits per heavy atom. The molecule has 3 nitrogen and oxygen atoms in total. The van der Waals surface area contributed by atoms with Gasteiger partial charge in [0.15, 0.2) is 0 Å². The van der Waals surface area contributed by atoms with Crippen LogP contribution in [0.1, 0.15) is 17.2 Å². The molecule has 0 fully saturated rings. The van der Waals surface area contributed by atoms with E-state index in [0.717, 1.165) is 11.1 Å². The van der Waals surface area contributed by atoms with E-state index >= 15 is 0 Å². The predicted molar refractivity (Wildman–Crippen MR) is 51.2 cm³/mol. The van der Waals surface area contributed by atoms with Crippen LogP contribution in [0.4, 0.5) is 0 Å². The summed E-state index contributed by atoms with van der Waals surface area (Å²) in [6.45, 7) is 0.807. The lowest BCUT2D eigenvalue weighted by atomic mass is 10.1. The number of ether oxygens (including phenoxy) is 1. The third-order valence-corrected chi connectivity index (χ3v) is 1.87. The molecule has 0 heterocycles. The molecule has 0 aliphatic rings. The number of rotatable bonds is 4. The van der Waals surface area contributed by atoms with E-state index in [4.69, 9.17) is 10.5 Å². The highest BCUT2D eigenvalue weighted by molar-refractivity contribution is 5.24. The standard InChI is InChI=1S/C10H15NO2/c1-13-7-8-3-2-4-9(5-8)10(12)6-11/h2-5,10,12H,6-7,11H2,1H3/t10-/m1/s1. The van der Waals surface area contributed by atoms with Crippen LogP contribution in [0.5, 0.6) is 0 Å². The van der Waals surface area contributed by atoms with Crippen molar-refractivity contribution in [2.45, 2.75) is 12.7 Å². The van der Waals surface area contributed by atoms with Gasteiger partial charge in [0.05, 0.1) is 12.7 Å². The van der Waals surface area contributed by atoms with Crippen LogP contribution in [0, 0.1) is 0 Å². The lowest BCUT2D eigenvalue weighted by molar-refractivity contribution is 0.180. The Morgan fingerprint density at radius 1 is 1.54 bits per heavy atom. The second kappa shape index (κ2) is 4.97. The molecule has 0 amide bonds. The van der Waals surface area contributed by atoms with Gasteiger partial charge in [0.2, 0.25) is 0 Å². The highest BCUT2D eigenvalue weighted by Gasteiger charge is 2.04. The van der Waals surface area contributed by atoms with E-state index in [1.165, 1.54) is 0 Å². The Hall–Kier alpha value is -0.900. The van der Waals surface area contributed by atoms with Gasteiger partial charge in [-0.2, -0.15) is 0 Å². The lowest BCUT2D eigenvalue weighted by Crippen LogP contribution is -2.11. The van der Waals surface area contributed by atoms with E-state index in [1.807, 2.05) is 24.3 Å². The normalized spacial score (nSPS) is 12.8. The van der Waals surface area contributed by atoms with Crippen LogP contribution >= 0.6 is 0 Å². The summed E-state index contributed by atoms with van der Waals surface area (Å²) < 4.78 is 4.98. The molecular formula is C10H15NO2. The van der Waals surface area contributed by atoms with Crippen LogP contribution < -0.4 is 5.73 Å². The summed E-state index contributed by atoms with van der Waals surface area (Å²) in [5.74, 6) is 0. The smallest absolute Gasteiger partial charge is 0.0912 e. The number of aliphatic hydroxyl groups excluding tert-OH is 1. The Labute approximate surface area is 78.1 Å². The fourth-order valence-electron chi connectivity index (χ4n) is 1.19. The summed E-state index contributed by atoms with van der Waals surface area (Å²) in [5, 5.41) is 9.46. The number of benzene rings is 1. The molecule has 0 bridgehead atoms. The molecule has 3 heteroatoms. The fourth-order valence-corrected chi connectivity index (χ4v) is 1.19. The van der Waals surface area contributed by atoms with E-state index < -0.39 is 6.10 Å². The van der Waals surface area contributed by atoms with Crippen molar-refractivity contribution in [1.82, 2.24) is 0 Å². The van der Waals surface area contributed by atoms with Crippen LogP contribution in [0.3, 0.4) is 0 Å². The third kappa shape index (κ3) is 2.81. The summed E-state index contributed by atoms with van der Waals surface area (Å²) in [6, 6.07) is 7.61. The van der Waals surface area contributed by atoms with Crippen molar-refractivity contribution >= 4 is 0 Å². The highest BCUT2D eigenvalue weighted by Crippen LogP contribution is 2.13. The summed E-state index contributed by atoms with van der Waals surface area (Å²) in [7, 11) is 1.64. The quantitative estimate of drug-likeness (QED) is 0.723.